The fraction of sp³-hybridized carbons (Fsp3) is 0.150. The highest BCUT2D eigenvalue weighted by Gasteiger charge is 2.15. The lowest BCUT2D eigenvalue weighted by Gasteiger charge is -2.07. The van der Waals surface area contributed by atoms with Crippen molar-refractivity contribution in [1.82, 2.24) is 10.2 Å². The van der Waals surface area contributed by atoms with Crippen molar-refractivity contribution in [2.24, 2.45) is 0 Å². The molecule has 1 N–H and O–H groups in total. The fourth-order valence-electron chi connectivity index (χ4n) is 2.92. The zero-order valence-electron chi connectivity index (χ0n) is 14.4. The molecule has 6 heteroatoms. The van der Waals surface area contributed by atoms with Crippen molar-refractivity contribution in [1.29, 1.82) is 0 Å². The highest BCUT2D eigenvalue weighted by atomic mass is 32.1. The average Bonchev–Trinajstić information content (AvgIpc) is 3.21. The molecule has 1 amide bonds. The zero-order chi connectivity index (χ0) is 18.1. The van der Waals surface area contributed by atoms with Crippen LogP contribution >= 0.6 is 11.3 Å². The summed E-state index contributed by atoms with van der Waals surface area (Å²) < 4.78 is 5.46. The molecule has 4 aromatic rings. The van der Waals surface area contributed by atoms with Crippen molar-refractivity contribution in [3.05, 3.63) is 64.9 Å². The van der Waals surface area contributed by atoms with E-state index in [1.165, 1.54) is 11.3 Å². The predicted octanol–water partition coefficient (Wildman–Crippen LogP) is 4.75. The number of nitrogens with one attached hydrogen (secondary N) is 1. The minimum Gasteiger partial charge on any atom is -0.420 e. The molecule has 0 atom stereocenters. The Bertz CT molecular complexity index is 1090. The summed E-state index contributed by atoms with van der Waals surface area (Å²) in [6.45, 7) is 3.72. The maximum Gasteiger partial charge on any atom is 0.257 e. The Hall–Kier alpha value is -2.99. The second-order valence-corrected chi connectivity index (χ2v) is 7.33. The Morgan fingerprint density at radius 1 is 1.12 bits per heavy atom. The van der Waals surface area contributed by atoms with Crippen LogP contribution in [0, 0.1) is 13.8 Å². The minimum absolute atomic E-state index is 0.0458. The first kappa shape index (κ1) is 16.5. The number of fused-ring (bicyclic) bond motifs is 1. The van der Waals surface area contributed by atoms with Gasteiger partial charge in [0.2, 0.25) is 11.8 Å². The van der Waals surface area contributed by atoms with Gasteiger partial charge in [-0.05, 0) is 29.3 Å². The topological polar surface area (TPSA) is 68.0 Å². The molecular formula is C20H17N3O2S. The normalized spacial score (nSPS) is 11.0. The van der Waals surface area contributed by atoms with E-state index >= 15 is 0 Å². The van der Waals surface area contributed by atoms with Crippen molar-refractivity contribution in [3.63, 3.8) is 0 Å². The number of amides is 1. The standard InChI is InChI=1S/C20H17N3O2S/c1-12-17(11-18(26-12)20-23-22-13(2)25-20)21-19(24)10-15-8-5-7-14-6-3-4-9-16(14)15/h3-9,11H,10H2,1-2H3,(H,21,24). The van der Waals surface area contributed by atoms with Gasteiger partial charge in [0, 0.05) is 11.8 Å². The largest absolute Gasteiger partial charge is 0.420 e. The van der Waals surface area contributed by atoms with Gasteiger partial charge in [-0.2, -0.15) is 0 Å². The van der Waals surface area contributed by atoms with E-state index in [1.807, 2.05) is 43.3 Å². The maximum absolute atomic E-state index is 12.6. The van der Waals surface area contributed by atoms with Crippen LogP contribution in [0.4, 0.5) is 5.69 Å². The number of carbonyl (C=O) groups excluding carboxylic acids is 1. The number of benzene rings is 2. The van der Waals surface area contributed by atoms with Crippen molar-refractivity contribution < 1.29 is 9.21 Å². The Morgan fingerprint density at radius 3 is 2.73 bits per heavy atom. The first-order valence-corrected chi connectivity index (χ1v) is 9.09. The summed E-state index contributed by atoms with van der Waals surface area (Å²) in [5.74, 6) is 0.952. The summed E-state index contributed by atoms with van der Waals surface area (Å²) in [6, 6.07) is 16.0. The van der Waals surface area contributed by atoms with E-state index in [9.17, 15) is 4.79 Å². The molecule has 0 unspecified atom stereocenters. The number of hydrogen-bond donors (Lipinski definition) is 1. The van der Waals surface area contributed by atoms with Crippen LogP contribution < -0.4 is 5.32 Å². The Kier molecular flexibility index (Phi) is 4.26. The summed E-state index contributed by atoms with van der Waals surface area (Å²) in [7, 11) is 0. The molecule has 4 rings (SSSR count). The first-order valence-electron chi connectivity index (χ1n) is 8.27. The van der Waals surface area contributed by atoms with Crippen LogP contribution in [0.15, 0.2) is 52.9 Å². The molecular weight excluding hydrogens is 346 g/mol. The smallest absolute Gasteiger partial charge is 0.257 e. The molecule has 0 bridgehead atoms. The number of aromatic nitrogens is 2. The van der Waals surface area contributed by atoms with Gasteiger partial charge in [-0.1, -0.05) is 42.5 Å². The Balaban J connectivity index is 1.54. The van der Waals surface area contributed by atoms with Crippen LogP contribution in [-0.4, -0.2) is 16.1 Å². The van der Waals surface area contributed by atoms with Crippen LogP contribution in [0.1, 0.15) is 16.3 Å². The number of anilines is 1. The monoisotopic (exact) mass is 363 g/mol. The highest BCUT2D eigenvalue weighted by molar-refractivity contribution is 7.15. The summed E-state index contributed by atoms with van der Waals surface area (Å²) in [6.07, 6.45) is 0.325. The molecule has 0 spiro atoms. The van der Waals surface area contributed by atoms with Gasteiger partial charge in [-0.15, -0.1) is 21.5 Å². The third-order valence-electron chi connectivity index (χ3n) is 4.16. The lowest BCUT2D eigenvalue weighted by molar-refractivity contribution is -0.115. The molecule has 26 heavy (non-hydrogen) atoms. The van der Waals surface area contributed by atoms with Gasteiger partial charge in [0.1, 0.15) is 0 Å². The van der Waals surface area contributed by atoms with Crippen molar-refractivity contribution >= 4 is 33.7 Å². The number of thiophene rings is 1. The van der Waals surface area contributed by atoms with E-state index in [0.717, 1.165) is 31.8 Å². The molecule has 2 aromatic heterocycles. The molecule has 0 aliphatic carbocycles. The van der Waals surface area contributed by atoms with Gasteiger partial charge in [-0.3, -0.25) is 4.79 Å². The Labute approximate surface area is 154 Å². The molecule has 2 heterocycles. The molecule has 0 aliphatic heterocycles. The third-order valence-corrected chi connectivity index (χ3v) is 5.20. The van der Waals surface area contributed by atoms with E-state index in [0.29, 0.717) is 18.2 Å². The number of carbonyl (C=O) groups is 1. The van der Waals surface area contributed by atoms with Crippen molar-refractivity contribution in [2.75, 3.05) is 5.32 Å². The van der Waals surface area contributed by atoms with Gasteiger partial charge in [0.15, 0.2) is 0 Å². The predicted molar refractivity (Wildman–Crippen MR) is 103 cm³/mol. The van der Waals surface area contributed by atoms with Gasteiger partial charge in [-0.25, -0.2) is 0 Å². The molecule has 0 aliphatic rings. The molecule has 2 aromatic carbocycles. The van der Waals surface area contributed by atoms with Crippen molar-refractivity contribution in [2.45, 2.75) is 20.3 Å². The summed E-state index contributed by atoms with van der Waals surface area (Å²) in [5, 5.41) is 13.1. The number of rotatable bonds is 4. The molecule has 5 nitrogen and oxygen atoms in total. The van der Waals surface area contributed by atoms with Crippen LogP contribution in [0.2, 0.25) is 0 Å². The summed E-state index contributed by atoms with van der Waals surface area (Å²) >= 11 is 1.52. The lowest BCUT2D eigenvalue weighted by atomic mass is 10.0. The van der Waals surface area contributed by atoms with E-state index in [-0.39, 0.29) is 5.91 Å². The van der Waals surface area contributed by atoms with E-state index in [2.05, 4.69) is 27.6 Å². The third kappa shape index (κ3) is 3.23. The molecule has 130 valence electrons. The van der Waals surface area contributed by atoms with E-state index < -0.39 is 0 Å². The van der Waals surface area contributed by atoms with Crippen LogP contribution in [0.5, 0.6) is 0 Å². The lowest BCUT2D eigenvalue weighted by Crippen LogP contribution is -2.14. The first-order chi connectivity index (χ1) is 12.6. The van der Waals surface area contributed by atoms with Crippen LogP contribution in [0.3, 0.4) is 0 Å². The molecule has 0 saturated heterocycles. The SMILES string of the molecule is Cc1nnc(-c2cc(NC(=O)Cc3cccc4ccccc34)c(C)s2)o1. The van der Waals surface area contributed by atoms with E-state index in [4.69, 9.17) is 4.42 Å². The molecule has 0 saturated carbocycles. The maximum atomic E-state index is 12.6. The fourth-order valence-corrected chi connectivity index (χ4v) is 3.82. The van der Waals surface area contributed by atoms with E-state index in [1.54, 1.807) is 6.92 Å². The second-order valence-electron chi connectivity index (χ2n) is 6.07. The summed E-state index contributed by atoms with van der Waals surface area (Å²) in [4.78, 5) is 14.4. The van der Waals surface area contributed by atoms with Crippen LogP contribution in [-0.2, 0) is 11.2 Å². The van der Waals surface area contributed by atoms with Gasteiger partial charge in [0.05, 0.1) is 17.0 Å². The van der Waals surface area contributed by atoms with Gasteiger partial charge >= 0.3 is 0 Å². The minimum atomic E-state index is -0.0458. The molecule has 0 radical (unpaired) electrons. The van der Waals surface area contributed by atoms with Gasteiger partial charge in [0.25, 0.3) is 5.89 Å². The van der Waals surface area contributed by atoms with Crippen LogP contribution in [0.25, 0.3) is 21.5 Å². The number of aryl methyl sites for hydroxylation is 2. The zero-order valence-corrected chi connectivity index (χ0v) is 15.3. The van der Waals surface area contributed by atoms with Gasteiger partial charge < -0.3 is 9.73 Å². The highest BCUT2D eigenvalue weighted by Crippen LogP contribution is 2.33. The second kappa shape index (κ2) is 6.72. The molecule has 0 fully saturated rings. The summed E-state index contributed by atoms with van der Waals surface area (Å²) in [5.41, 5.74) is 1.80. The Morgan fingerprint density at radius 2 is 1.92 bits per heavy atom. The number of nitrogens with zero attached hydrogens (tertiary/aromatic N) is 2. The number of hydrogen-bond acceptors (Lipinski definition) is 5. The van der Waals surface area contributed by atoms with Crippen molar-refractivity contribution in [3.8, 4) is 10.8 Å². The quantitative estimate of drug-likeness (QED) is 0.568. The average molecular weight is 363 g/mol.